The van der Waals surface area contributed by atoms with Gasteiger partial charge in [0.15, 0.2) is 0 Å². The zero-order valence-electron chi connectivity index (χ0n) is 12.3. The standard InChI is InChI=1S/C14H20N2O6/c17-9-5-3-1-2-4-6-10-22-14-11-12(15(18)19)7-8-13(14)16(20)21/h7-8,11,17H,1-6,9-10H2. The third-order valence-electron chi connectivity index (χ3n) is 3.16. The van der Waals surface area contributed by atoms with Crippen molar-refractivity contribution in [2.75, 3.05) is 13.2 Å². The van der Waals surface area contributed by atoms with Crippen LogP contribution in [0.3, 0.4) is 0 Å². The molecule has 0 bridgehead atoms. The number of unbranched alkanes of at least 4 members (excludes halogenated alkanes) is 5. The maximum absolute atomic E-state index is 10.9. The number of benzene rings is 1. The number of hydrogen-bond acceptors (Lipinski definition) is 6. The van der Waals surface area contributed by atoms with Gasteiger partial charge in [0.25, 0.3) is 5.69 Å². The topological polar surface area (TPSA) is 116 Å². The van der Waals surface area contributed by atoms with Crippen molar-refractivity contribution in [1.29, 1.82) is 0 Å². The molecule has 1 aromatic carbocycles. The summed E-state index contributed by atoms with van der Waals surface area (Å²) < 4.78 is 5.33. The van der Waals surface area contributed by atoms with E-state index in [0.29, 0.717) is 0 Å². The van der Waals surface area contributed by atoms with Crippen molar-refractivity contribution < 1.29 is 19.7 Å². The molecular formula is C14H20N2O6. The lowest BCUT2D eigenvalue weighted by atomic mass is 10.1. The van der Waals surface area contributed by atoms with Crippen LogP contribution in [0.15, 0.2) is 18.2 Å². The van der Waals surface area contributed by atoms with Crippen LogP contribution < -0.4 is 4.74 Å². The summed E-state index contributed by atoms with van der Waals surface area (Å²) in [6, 6.07) is 3.26. The van der Waals surface area contributed by atoms with E-state index in [9.17, 15) is 20.2 Å². The van der Waals surface area contributed by atoms with Crippen LogP contribution in [0.5, 0.6) is 5.75 Å². The highest BCUT2D eigenvalue weighted by atomic mass is 16.6. The number of nitrogens with zero attached hydrogens (tertiary/aromatic N) is 2. The second-order valence-electron chi connectivity index (χ2n) is 4.86. The first kappa shape index (κ1) is 17.8. The molecule has 0 amide bonds. The predicted octanol–water partition coefficient (Wildman–Crippen LogP) is 3.21. The Labute approximate surface area is 128 Å². The summed E-state index contributed by atoms with van der Waals surface area (Å²) in [5, 5.41) is 30.2. The minimum absolute atomic E-state index is 0.0699. The summed E-state index contributed by atoms with van der Waals surface area (Å²) in [5.74, 6) is -0.0699. The summed E-state index contributed by atoms with van der Waals surface area (Å²) >= 11 is 0. The van der Waals surface area contributed by atoms with Crippen molar-refractivity contribution >= 4 is 11.4 Å². The maximum Gasteiger partial charge on any atom is 0.311 e. The van der Waals surface area contributed by atoms with Crippen molar-refractivity contribution in [3.8, 4) is 5.75 Å². The molecule has 1 rings (SSSR count). The van der Waals surface area contributed by atoms with Crippen molar-refractivity contribution in [2.24, 2.45) is 0 Å². The largest absolute Gasteiger partial charge is 0.487 e. The molecule has 0 saturated carbocycles. The molecular weight excluding hydrogens is 292 g/mol. The normalized spacial score (nSPS) is 10.4. The van der Waals surface area contributed by atoms with E-state index in [0.717, 1.165) is 56.7 Å². The Morgan fingerprint density at radius 1 is 0.955 bits per heavy atom. The Morgan fingerprint density at radius 2 is 1.59 bits per heavy atom. The van der Waals surface area contributed by atoms with E-state index < -0.39 is 9.85 Å². The van der Waals surface area contributed by atoms with Crippen molar-refractivity contribution in [1.82, 2.24) is 0 Å². The summed E-state index contributed by atoms with van der Waals surface area (Å²) in [6.45, 7) is 0.488. The monoisotopic (exact) mass is 312 g/mol. The lowest BCUT2D eigenvalue weighted by Gasteiger charge is -2.06. The van der Waals surface area contributed by atoms with E-state index in [2.05, 4.69) is 0 Å². The van der Waals surface area contributed by atoms with E-state index in [4.69, 9.17) is 9.84 Å². The number of aliphatic hydroxyl groups excluding tert-OH is 1. The van der Waals surface area contributed by atoms with E-state index in [1.54, 1.807) is 0 Å². The van der Waals surface area contributed by atoms with Gasteiger partial charge in [0.1, 0.15) is 0 Å². The summed E-state index contributed by atoms with van der Waals surface area (Å²) in [7, 11) is 0. The number of nitro groups is 2. The van der Waals surface area contributed by atoms with Crippen LogP contribution in [0, 0.1) is 20.2 Å². The molecule has 1 N–H and O–H groups in total. The van der Waals surface area contributed by atoms with Gasteiger partial charge in [-0.3, -0.25) is 20.2 Å². The fraction of sp³-hybridized carbons (Fsp3) is 0.571. The molecule has 0 heterocycles. The van der Waals surface area contributed by atoms with Gasteiger partial charge in [0, 0.05) is 18.7 Å². The SMILES string of the molecule is O=[N+]([O-])c1ccc([N+](=O)[O-])c(OCCCCCCCCO)c1. The Morgan fingerprint density at radius 3 is 2.18 bits per heavy atom. The first-order valence-electron chi connectivity index (χ1n) is 7.22. The molecule has 0 saturated heterocycles. The molecule has 0 fully saturated rings. The second-order valence-corrected chi connectivity index (χ2v) is 4.86. The first-order chi connectivity index (χ1) is 10.6. The van der Waals surface area contributed by atoms with E-state index >= 15 is 0 Å². The van der Waals surface area contributed by atoms with E-state index in [1.165, 1.54) is 0 Å². The number of aliphatic hydroxyl groups is 1. The molecule has 0 aliphatic heterocycles. The Kier molecular flexibility index (Phi) is 7.84. The van der Waals surface area contributed by atoms with Crippen LogP contribution in [0.1, 0.15) is 38.5 Å². The minimum Gasteiger partial charge on any atom is -0.487 e. The van der Waals surface area contributed by atoms with Crippen LogP contribution >= 0.6 is 0 Å². The maximum atomic E-state index is 10.9. The molecule has 0 unspecified atom stereocenters. The number of non-ortho nitro benzene ring substituents is 1. The Balaban J connectivity index is 2.45. The average molecular weight is 312 g/mol. The summed E-state index contributed by atoms with van der Waals surface area (Å²) in [5.41, 5.74) is -0.502. The number of ether oxygens (including phenoxy) is 1. The van der Waals surface area contributed by atoms with Crippen LogP contribution in [-0.2, 0) is 0 Å². The Bertz CT molecular complexity index is 506. The summed E-state index contributed by atoms with van der Waals surface area (Å²) in [6.07, 6.45) is 5.44. The van der Waals surface area contributed by atoms with Crippen LogP contribution in [0.2, 0.25) is 0 Å². The molecule has 0 aliphatic carbocycles. The highest BCUT2D eigenvalue weighted by molar-refractivity contribution is 5.52. The third-order valence-corrected chi connectivity index (χ3v) is 3.16. The molecule has 0 spiro atoms. The molecule has 1 aromatic rings. The molecule has 122 valence electrons. The number of hydrogen-bond donors (Lipinski definition) is 1. The Hall–Kier alpha value is -2.22. The lowest BCUT2D eigenvalue weighted by Crippen LogP contribution is -2.01. The summed E-state index contributed by atoms with van der Waals surface area (Å²) in [4.78, 5) is 20.3. The predicted molar refractivity (Wildman–Crippen MR) is 80.0 cm³/mol. The van der Waals surface area contributed by atoms with Gasteiger partial charge < -0.3 is 9.84 Å². The van der Waals surface area contributed by atoms with Gasteiger partial charge in [-0.15, -0.1) is 0 Å². The molecule has 0 aromatic heterocycles. The van der Waals surface area contributed by atoms with Gasteiger partial charge in [-0.2, -0.15) is 0 Å². The van der Waals surface area contributed by atoms with Crippen molar-refractivity contribution in [3.05, 3.63) is 38.4 Å². The fourth-order valence-electron chi connectivity index (χ4n) is 1.99. The van der Waals surface area contributed by atoms with E-state index in [1.807, 2.05) is 0 Å². The number of rotatable bonds is 11. The molecule has 0 radical (unpaired) electrons. The quantitative estimate of drug-likeness (QED) is 0.381. The molecule has 0 atom stereocenters. The van der Waals surface area contributed by atoms with Crippen LogP contribution in [0.4, 0.5) is 11.4 Å². The highest BCUT2D eigenvalue weighted by Gasteiger charge is 2.19. The third kappa shape index (κ3) is 6.04. The average Bonchev–Trinajstić information content (AvgIpc) is 2.49. The van der Waals surface area contributed by atoms with Gasteiger partial charge in [0.05, 0.1) is 22.5 Å². The molecule has 8 nitrogen and oxygen atoms in total. The van der Waals surface area contributed by atoms with E-state index in [-0.39, 0.29) is 30.3 Å². The van der Waals surface area contributed by atoms with Gasteiger partial charge in [-0.1, -0.05) is 25.7 Å². The zero-order chi connectivity index (χ0) is 16.4. The lowest BCUT2D eigenvalue weighted by molar-refractivity contribution is -0.389. The fourth-order valence-corrected chi connectivity index (χ4v) is 1.99. The smallest absolute Gasteiger partial charge is 0.311 e. The number of nitro benzene ring substituents is 2. The van der Waals surface area contributed by atoms with Gasteiger partial charge in [0.2, 0.25) is 5.75 Å². The van der Waals surface area contributed by atoms with Crippen molar-refractivity contribution in [2.45, 2.75) is 38.5 Å². The molecule has 8 heteroatoms. The molecule has 22 heavy (non-hydrogen) atoms. The van der Waals surface area contributed by atoms with Gasteiger partial charge in [-0.05, 0) is 12.8 Å². The second kappa shape index (κ2) is 9.67. The van der Waals surface area contributed by atoms with Crippen LogP contribution in [0.25, 0.3) is 0 Å². The highest BCUT2D eigenvalue weighted by Crippen LogP contribution is 2.31. The van der Waals surface area contributed by atoms with Crippen LogP contribution in [-0.4, -0.2) is 28.2 Å². The van der Waals surface area contributed by atoms with Crippen molar-refractivity contribution in [3.63, 3.8) is 0 Å². The van der Waals surface area contributed by atoms with Gasteiger partial charge >= 0.3 is 5.69 Å². The first-order valence-corrected chi connectivity index (χ1v) is 7.22. The zero-order valence-corrected chi connectivity index (χ0v) is 12.3. The minimum atomic E-state index is -0.617. The van der Waals surface area contributed by atoms with Gasteiger partial charge in [-0.25, -0.2) is 0 Å². The molecule has 0 aliphatic rings.